The van der Waals surface area contributed by atoms with E-state index >= 15 is 0 Å². The number of benzene rings is 1. The molecule has 0 amide bonds. The van der Waals surface area contributed by atoms with Crippen molar-refractivity contribution < 1.29 is 14.5 Å². The van der Waals surface area contributed by atoms with E-state index in [0.29, 0.717) is 11.6 Å². The molecule has 1 aromatic carbocycles. The van der Waals surface area contributed by atoms with Crippen molar-refractivity contribution in [1.82, 2.24) is 9.97 Å². The molecule has 0 radical (unpaired) electrons. The summed E-state index contributed by atoms with van der Waals surface area (Å²) in [5.74, 6) is 0.0743. The van der Waals surface area contributed by atoms with E-state index in [1.165, 1.54) is 48.4 Å². The van der Waals surface area contributed by atoms with E-state index in [4.69, 9.17) is 10.5 Å². The maximum Gasteiger partial charge on any atom is 0.339 e. The number of ether oxygens (including phenoxy) is 1. The lowest BCUT2D eigenvalue weighted by molar-refractivity contribution is -0.385. The zero-order valence-electron chi connectivity index (χ0n) is 15.9. The molecule has 0 bridgehead atoms. The summed E-state index contributed by atoms with van der Waals surface area (Å²) in [6, 6.07) is 4.31. The third-order valence-corrected chi connectivity index (χ3v) is 6.38. The molecular formula is C20H20N4O4S. The van der Waals surface area contributed by atoms with Crippen LogP contribution in [0, 0.1) is 17.0 Å². The Labute approximate surface area is 170 Å². The average molecular weight is 412 g/mol. The predicted molar refractivity (Wildman–Crippen MR) is 110 cm³/mol. The Morgan fingerprint density at radius 3 is 2.86 bits per heavy atom. The van der Waals surface area contributed by atoms with Crippen LogP contribution in [0.4, 0.5) is 11.5 Å². The van der Waals surface area contributed by atoms with E-state index in [9.17, 15) is 14.9 Å². The van der Waals surface area contributed by atoms with Gasteiger partial charge in [0.1, 0.15) is 10.6 Å². The van der Waals surface area contributed by atoms with Crippen LogP contribution >= 0.6 is 11.3 Å². The summed E-state index contributed by atoms with van der Waals surface area (Å²) in [6.45, 7) is 1.37. The molecule has 0 aliphatic heterocycles. The molecule has 2 heterocycles. The molecule has 8 nitrogen and oxygen atoms in total. The number of aromatic nitrogens is 2. The van der Waals surface area contributed by atoms with Crippen LogP contribution in [0.2, 0.25) is 0 Å². The van der Waals surface area contributed by atoms with Crippen LogP contribution in [-0.2, 0) is 24.2 Å². The first-order chi connectivity index (χ1) is 14.0. The Bertz CT molecular complexity index is 1130. The molecule has 9 heteroatoms. The number of hydrogen-bond acceptors (Lipinski definition) is 8. The number of aryl methyl sites for hydroxylation is 2. The molecule has 1 aliphatic rings. The van der Waals surface area contributed by atoms with Gasteiger partial charge in [0.25, 0.3) is 5.69 Å². The SMILES string of the molecule is Cc1c(C(=O)OCc2nc(N)c3c4c(sc3n2)CCCCC4)cccc1[N+](=O)[O-]. The fourth-order valence-corrected chi connectivity index (χ4v) is 5.01. The van der Waals surface area contributed by atoms with Gasteiger partial charge in [-0.1, -0.05) is 12.5 Å². The van der Waals surface area contributed by atoms with Crippen LogP contribution in [0.3, 0.4) is 0 Å². The van der Waals surface area contributed by atoms with Gasteiger partial charge >= 0.3 is 5.97 Å². The van der Waals surface area contributed by atoms with Crippen molar-refractivity contribution in [2.45, 2.75) is 45.6 Å². The Kier molecular flexibility index (Phi) is 5.14. The first-order valence-corrected chi connectivity index (χ1v) is 10.2. The number of carbonyl (C=O) groups excluding carboxylic acids is 1. The Morgan fingerprint density at radius 1 is 1.28 bits per heavy atom. The zero-order chi connectivity index (χ0) is 20.5. The molecule has 0 spiro atoms. The molecule has 2 aromatic heterocycles. The fraction of sp³-hybridized carbons (Fsp3) is 0.350. The lowest BCUT2D eigenvalue weighted by Gasteiger charge is -2.08. The third-order valence-electron chi connectivity index (χ3n) is 5.19. The number of carbonyl (C=O) groups is 1. The molecule has 0 saturated heterocycles. The van der Waals surface area contributed by atoms with Crippen LogP contribution in [0.15, 0.2) is 18.2 Å². The largest absolute Gasteiger partial charge is 0.454 e. The molecular weight excluding hydrogens is 392 g/mol. The second-order valence-electron chi connectivity index (χ2n) is 7.05. The van der Waals surface area contributed by atoms with Crippen molar-refractivity contribution in [2.75, 3.05) is 5.73 Å². The predicted octanol–water partition coefficient (Wildman–Crippen LogP) is 4.12. The smallest absolute Gasteiger partial charge is 0.339 e. The van der Waals surface area contributed by atoms with Gasteiger partial charge in [-0.05, 0) is 44.2 Å². The molecule has 4 rings (SSSR count). The van der Waals surface area contributed by atoms with Crippen LogP contribution in [0.5, 0.6) is 0 Å². The molecule has 0 atom stereocenters. The van der Waals surface area contributed by atoms with Crippen LogP contribution in [-0.4, -0.2) is 20.9 Å². The monoisotopic (exact) mass is 412 g/mol. The van der Waals surface area contributed by atoms with E-state index in [2.05, 4.69) is 9.97 Å². The first kappa shape index (κ1) is 19.3. The molecule has 1 aliphatic carbocycles. The number of nitrogens with zero attached hydrogens (tertiary/aromatic N) is 3. The van der Waals surface area contributed by atoms with Gasteiger partial charge < -0.3 is 10.5 Å². The molecule has 3 aromatic rings. The zero-order valence-corrected chi connectivity index (χ0v) is 16.8. The standard InChI is InChI=1S/C20H20N4O4S/c1-11-12(7-5-8-14(11)24(26)27)20(25)28-10-16-22-18(21)17-13-6-3-2-4-9-15(13)29-19(17)23-16/h5,7-8H,2-4,6,9-10H2,1H3,(H2,21,22,23). The van der Waals surface area contributed by atoms with E-state index in [1.54, 1.807) is 11.3 Å². The van der Waals surface area contributed by atoms with Gasteiger partial charge in [-0.25, -0.2) is 14.8 Å². The van der Waals surface area contributed by atoms with Crippen LogP contribution in [0.25, 0.3) is 10.2 Å². The number of thiophene rings is 1. The number of fused-ring (bicyclic) bond motifs is 3. The third kappa shape index (κ3) is 3.65. The molecule has 29 heavy (non-hydrogen) atoms. The Morgan fingerprint density at radius 2 is 2.07 bits per heavy atom. The van der Waals surface area contributed by atoms with Gasteiger partial charge in [-0.15, -0.1) is 11.3 Å². The van der Waals surface area contributed by atoms with Gasteiger partial charge in [0, 0.05) is 16.5 Å². The number of nitro benzene ring substituents is 1. The Balaban J connectivity index is 1.57. The number of nitro groups is 1. The van der Waals surface area contributed by atoms with Crippen molar-refractivity contribution in [3.05, 3.63) is 55.7 Å². The summed E-state index contributed by atoms with van der Waals surface area (Å²) in [4.78, 5) is 34.0. The van der Waals surface area contributed by atoms with E-state index in [1.807, 2.05) is 0 Å². The van der Waals surface area contributed by atoms with Gasteiger partial charge in [0.15, 0.2) is 12.4 Å². The molecule has 0 fully saturated rings. The van der Waals surface area contributed by atoms with Crippen molar-refractivity contribution in [1.29, 1.82) is 0 Å². The number of nitrogens with two attached hydrogens (primary N) is 1. The summed E-state index contributed by atoms with van der Waals surface area (Å²) in [6.07, 6.45) is 5.55. The Hall–Kier alpha value is -3.07. The number of anilines is 1. The highest BCUT2D eigenvalue weighted by Gasteiger charge is 2.21. The molecule has 150 valence electrons. The lowest BCUT2D eigenvalue weighted by atomic mass is 10.1. The minimum absolute atomic E-state index is 0.124. The summed E-state index contributed by atoms with van der Waals surface area (Å²) in [5.41, 5.74) is 7.76. The minimum Gasteiger partial charge on any atom is -0.454 e. The highest BCUT2D eigenvalue weighted by molar-refractivity contribution is 7.19. The average Bonchev–Trinajstić information content (AvgIpc) is 2.88. The van der Waals surface area contributed by atoms with Crippen molar-refractivity contribution >= 4 is 39.0 Å². The maximum absolute atomic E-state index is 12.4. The first-order valence-electron chi connectivity index (χ1n) is 9.43. The van der Waals surface area contributed by atoms with E-state index < -0.39 is 10.9 Å². The lowest BCUT2D eigenvalue weighted by Crippen LogP contribution is -2.10. The van der Waals surface area contributed by atoms with E-state index in [0.717, 1.165) is 29.5 Å². The van der Waals surface area contributed by atoms with Crippen molar-refractivity contribution in [2.24, 2.45) is 0 Å². The summed E-state index contributed by atoms with van der Waals surface area (Å²) < 4.78 is 5.32. The topological polar surface area (TPSA) is 121 Å². The van der Waals surface area contributed by atoms with Crippen molar-refractivity contribution in [3.8, 4) is 0 Å². The molecule has 2 N–H and O–H groups in total. The van der Waals surface area contributed by atoms with Gasteiger partial charge in [0.2, 0.25) is 0 Å². The van der Waals surface area contributed by atoms with Crippen LogP contribution in [0.1, 0.15) is 51.4 Å². The summed E-state index contributed by atoms with van der Waals surface area (Å²) in [5, 5.41) is 12.0. The highest BCUT2D eigenvalue weighted by atomic mass is 32.1. The van der Waals surface area contributed by atoms with E-state index in [-0.39, 0.29) is 23.4 Å². The highest BCUT2D eigenvalue weighted by Crippen LogP contribution is 2.37. The molecule has 0 saturated carbocycles. The van der Waals surface area contributed by atoms with Crippen molar-refractivity contribution in [3.63, 3.8) is 0 Å². The number of hydrogen-bond donors (Lipinski definition) is 1. The second kappa shape index (κ2) is 7.75. The normalized spacial score (nSPS) is 13.7. The minimum atomic E-state index is -0.657. The number of esters is 1. The second-order valence-corrected chi connectivity index (χ2v) is 8.14. The van der Waals surface area contributed by atoms with Crippen LogP contribution < -0.4 is 5.73 Å². The maximum atomic E-state index is 12.4. The number of rotatable bonds is 4. The fourth-order valence-electron chi connectivity index (χ4n) is 3.72. The summed E-state index contributed by atoms with van der Waals surface area (Å²) in [7, 11) is 0. The van der Waals surface area contributed by atoms with Gasteiger partial charge in [-0.2, -0.15) is 0 Å². The summed E-state index contributed by atoms with van der Waals surface area (Å²) >= 11 is 1.63. The van der Waals surface area contributed by atoms with Gasteiger partial charge in [0.05, 0.1) is 15.9 Å². The molecule has 0 unspecified atom stereocenters. The quantitative estimate of drug-likeness (QED) is 0.296. The van der Waals surface area contributed by atoms with Gasteiger partial charge in [-0.3, -0.25) is 10.1 Å². The number of nitrogen functional groups attached to an aromatic ring is 1.